The number of carboxylic acid groups (broad SMARTS) is 1. The van der Waals surface area contributed by atoms with Gasteiger partial charge in [-0.25, -0.2) is 4.39 Å². The Bertz CT molecular complexity index is 429. The molecular formula is C12H15ClFNO2. The fourth-order valence-electron chi connectivity index (χ4n) is 1.73. The number of alkyl halides is 1. The quantitative estimate of drug-likeness (QED) is 0.873. The van der Waals surface area contributed by atoms with Crippen molar-refractivity contribution in [3.63, 3.8) is 0 Å². The van der Waals surface area contributed by atoms with Gasteiger partial charge in [-0.3, -0.25) is 4.79 Å². The van der Waals surface area contributed by atoms with Crippen LogP contribution < -0.4 is 5.73 Å². The molecule has 0 fully saturated rings. The minimum Gasteiger partial charge on any atom is -0.480 e. The first-order chi connectivity index (χ1) is 7.73. The summed E-state index contributed by atoms with van der Waals surface area (Å²) in [6.07, 6.45) is 0.0541. The van der Waals surface area contributed by atoms with Crippen molar-refractivity contribution in [2.24, 2.45) is 5.73 Å². The summed E-state index contributed by atoms with van der Waals surface area (Å²) in [5, 5.41) is 9.04. The van der Waals surface area contributed by atoms with Crippen molar-refractivity contribution in [3.05, 3.63) is 34.3 Å². The molecule has 0 aromatic heterocycles. The van der Waals surface area contributed by atoms with Gasteiger partial charge in [-0.15, -0.1) is 0 Å². The van der Waals surface area contributed by atoms with Gasteiger partial charge in [0.1, 0.15) is 11.7 Å². The van der Waals surface area contributed by atoms with Crippen LogP contribution in [-0.4, -0.2) is 17.1 Å². The number of nitrogens with two attached hydrogens (primary N) is 1. The molecule has 0 aliphatic carbocycles. The molecule has 1 aromatic rings. The zero-order valence-electron chi connectivity index (χ0n) is 9.71. The molecule has 0 aliphatic heterocycles. The molecule has 0 radical (unpaired) electrons. The fraction of sp³-hybridized carbons (Fsp3) is 0.417. The molecule has 94 valence electrons. The number of halogens is 2. The summed E-state index contributed by atoms with van der Waals surface area (Å²) in [7, 11) is 0. The van der Waals surface area contributed by atoms with Crippen LogP contribution in [0.5, 0.6) is 0 Å². The second-order valence-electron chi connectivity index (χ2n) is 4.40. The van der Waals surface area contributed by atoms with E-state index in [-0.39, 0.29) is 11.4 Å². The van der Waals surface area contributed by atoms with E-state index in [4.69, 9.17) is 22.4 Å². The van der Waals surface area contributed by atoms with Gasteiger partial charge in [0.25, 0.3) is 0 Å². The summed E-state index contributed by atoms with van der Waals surface area (Å²) in [6.45, 7) is 2.76. The molecule has 0 bridgehead atoms. The first-order valence-electron chi connectivity index (χ1n) is 5.18. The lowest BCUT2D eigenvalue weighted by Crippen LogP contribution is -2.33. The molecule has 5 heteroatoms. The monoisotopic (exact) mass is 259 g/mol. The van der Waals surface area contributed by atoms with E-state index in [1.54, 1.807) is 18.2 Å². The Morgan fingerprint density at radius 3 is 2.65 bits per heavy atom. The zero-order valence-corrected chi connectivity index (χ0v) is 10.5. The molecule has 0 aliphatic rings. The lowest BCUT2D eigenvalue weighted by atomic mass is 9.91. The summed E-state index contributed by atoms with van der Waals surface area (Å²) in [4.78, 5) is 10.7. The fourth-order valence-corrected chi connectivity index (χ4v) is 2.15. The Morgan fingerprint density at radius 1 is 1.59 bits per heavy atom. The van der Waals surface area contributed by atoms with E-state index in [1.165, 1.54) is 13.8 Å². The maximum Gasteiger partial charge on any atom is 0.320 e. The Morgan fingerprint density at radius 2 is 2.18 bits per heavy atom. The number of rotatable bonds is 4. The second kappa shape index (κ2) is 5.02. The summed E-state index contributed by atoms with van der Waals surface area (Å²) in [6, 6.07) is 3.82. The third-order valence-corrected chi connectivity index (χ3v) is 2.77. The Labute approximate surface area is 104 Å². The van der Waals surface area contributed by atoms with Gasteiger partial charge in [-0.05, 0) is 31.9 Å². The maximum absolute atomic E-state index is 14.0. The van der Waals surface area contributed by atoms with Gasteiger partial charge in [0, 0.05) is 10.6 Å². The molecule has 17 heavy (non-hydrogen) atoms. The van der Waals surface area contributed by atoms with Crippen molar-refractivity contribution in [3.8, 4) is 0 Å². The zero-order chi connectivity index (χ0) is 13.2. The molecule has 0 amide bonds. The molecule has 0 saturated carbocycles. The van der Waals surface area contributed by atoms with Gasteiger partial charge in [0.15, 0.2) is 0 Å². The smallest absolute Gasteiger partial charge is 0.320 e. The van der Waals surface area contributed by atoms with Crippen molar-refractivity contribution in [2.45, 2.75) is 32.0 Å². The third-order valence-electron chi connectivity index (χ3n) is 2.45. The summed E-state index contributed by atoms with van der Waals surface area (Å²) >= 11 is 5.95. The van der Waals surface area contributed by atoms with Crippen LogP contribution in [-0.2, 0) is 16.9 Å². The van der Waals surface area contributed by atoms with E-state index in [9.17, 15) is 9.18 Å². The molecule has 1 aromatic carbocycles. The molecule has 0 spiro atoms. The van der Waals surface area contributed by atoms with Gasteiger partial charge >= 0.3 is 5.97 Å². The standard InChI is InChI=1S/C12H15ClFNO2/c1-12(2,14)10-7(4-3-5-8(10)13)6-9(15)11(16)17/h3-5,9H,6,15H2,1-2H3,(H,16,17). The molecule has 0 heterocycles. The highest BCUT2D eigenvalue weighted by Gasteiger charge is 2.27. The van der Waals surface area contributed by atoms with E-state index in [0.29, 0.717) is 11.1 Å². The van der Waals surface area contributed by atoms with Crippen molar-refractivity contribution in [1.82, 2.24) is 0 Å². The van der Waals surface area contributed by atoms with Gasteiger partial charge in [0.05, 0.1) is 0 Å². The minimum absolute atomic E-state index is 0.0541. The average molecular weight is 260 g/mol. The van der Waals surface area contributed by atoms with Crippen LogP contribution >= 0.6 is 11.6 Å². The molecule has 1 atom stereocenters. The first-order valence-corrected chi connectivity index (χ1v) is 5.56. The van der Waals surface area contributed by atoms with Crippen LogP contribution in [0, 0.1) is 0 Å². The van der Waals surface area contributed by atoms with Gasteiger partial charge in [-0.1, -0.05) is 23.7 Å². The average Bonchev–Trinajstić information content (AvgIpc) is 2.15. The SMILES string of the molecule is CC(C)(F)c1c(Cl)cccc1CC(N)C(=O)O. The lowest BCUT2D eigenvalue weighted by molar-refractivity contribution is -0.138. The second-order valence-corrected chi connectivity index (χ2v) is 4.80. The van der Waals surface area contributed by atoms with Gasteiger partial charge in [-0.2, -0.15) is 0 Å². The van der Waals surface area contributed by atoms with Crippen LogP contribution in [0.15, 0.2) is 18.2 Å². The predicted octanol–water partition coefficient (Wildman–Crippen LogP) is 2.50. The number of hydrogen-bond donors (Lipinski definition) is 2. The van der Waals surface area contributed by atoms with E-state index >= 15 is 0 Å². The number of carbonyl (C=O) groups is 1. The lowest BCUT2D eigenvalue weighted by Gasteiger charge is -2.21. The highest BCUT2D eigenvalue weighted by atomic mass is 35.5. The largest absolute Gasteiger partial charge is 0.480 e. The van der Waals surface area contributed by atoms with E-state index in [0.717, 1.165) is 0 Å². The third kappa shape index (κ3) is 3.41. The Hall–Kier alpha value is -1.13. The molecule has 3 N–H and O–H groups in total. The van der Waals surface area contributed by atoms with Crippen molar-refractivity contribution in [2.75, 3.05) is 0 Å². The molecule has 1 unspecified atom stereocenters. The minimum atomic E-state index is -1.63. The summed E-state index contributed by atoms with van der Waals surface area (Å²) < 4.78 is 14.0. The van der Waals surface area contributed by atoms with Crippen molar-refractivity contribution < 1.29 is 14.3 Å². The van der Waals surface area contributed by atoms with E-state index in [2.05, 4.69) is 0 Å². The van der Waals surface area contributed by atoms with E-state index in [1.807, 2.05) is 0 Å². The van der Waals surface area contributed by atoms with Crippen molar-refractivity contribution >= 4 is 17.6 Å². The van der Waals surface area contributed by atoms with Gasteiger partial charge in [0.2, 0.25) is 0 Å². The van der Waals surface area contributed by atoms with Crippen LogP contribution in [0.4, 0.5) is 4.39 Å². The highest BCUT2D eigenvalue weighted by molar-refractivity contribution is 6.31. The normalized spacial score (nSPS) is 13.5. The molecule has 0 saturated heterocycles. The number of hydrogen-bond acceptors (Lipinski definition) is 2. The number of carboxylic acids is 1. The number of aliphatic carboxylic acids is 1. The maximum atomic E-state index is 14.0. The Balaban J connectivity index is 3.16. The summed E-state index contributed by atoms with van der Waals surface area (Å²) in [5.74, 6) is -1.12. The van der Waals surface area contributed by atoms with Crippen LogP contribution in [0.25, 0.3) is 0 Å². The molecule has 1 rings (SSSR count). The van der Waals surface area contributed by atoms with E-state index < -0.39 is 17.7 Å². The Kier molecular flexibility index (Phi) is 4.11. The topological polar surface area (TPSA) is 63.3 Å². The highest BCUT2D eigenvalue weighted by Crippen LogP contribution is 2.34. The number of benzene rings is 1. The molecular weight excluding hydrogens is 245 g/mol. The first kappa shape index (κ1) is 13.9. The van der Waals surface area contributed by atoms with Crippen molar-refractivity contribution in [1.29, 1.82) is 0 Å². The van der Waals surface area contributed by atoms with Crippen LogP contribution in [0.2, 0.25) is 5.02 Å². The predicted molar refractivity (Wildman–Crippen MR) is 64.9 cm³/mol. The van der Waals surface area contributed by atoms with Crippen LogP contribution in [0.3, 0.4) is 0 Å². The molecule has 3 nitrogen and oxygen atoms in total. The summed E-state index contributed by atoms with van der Waals surface area (Å²) in [5.41, 5.74) is 4.64. The van der Waals surface area contributed by atoms with Crippen LogP contribution in [0.1, 0.15) is 25.0 Å². The van der Waals surface area contributed by atoms with Gasteiger partial charge < -0.3 is 10.8 Å².